The Hall–Kier alpha value is -8.94. The van der Waals surface area contributed by atoms with Gasteiger partial charge in [-0.05, 0) is 65.2 Å². The number of furan rings is 2. The van der Waals surface area contributed by atoms with Gasteiger partial charge in [0.2, 0.25) is 0 Å². The fraction of sp³-hybridized carbons (Fsp3) is 0. The summed E-state index contributed by atoms with van der Waals surface area (Å²) in [6.45, 7) is 0. The molecule has 0 saturated carbocycles. The lowest BCUT2D eigenvalue weighted by molar-refractivity contribution is 0.669. The van der Waals surface area contributed by atoms with Crippen LogP contribution in [0.25, 0.3) is 128 Å². The van der Waals surface area contributed by atoms with Crippen molar-refractivity contribution in [1.29, 1.82) is 0 Å². The highest BCUT2D eigenvalue weighted by atomic mass is 16.3. The zero-order valence-electron chi connectivity index (χ0n) is 34.8. The van der Waals surface area contributed by atoms with Crippen LogP contribution in [0.2, 0.25) is 0 Å². The Morgan fingerprint density at radius 1 is 0.338 bits per heavy atom. The van der Waals surface area contributed by atoms with E-state index in [4.69, 9.17) is 28.8 Å². The molecule has 4 aromatic heterocycles. The molecule has 9 aromatic carbocycles. The molecule has 0 atom stereocenters. The highest BCUT2D eigenvalue weighted by molar-refractivity contribution is 6.13. The molecule has 0 fully saturated rings. The molecule has 0 saturated heterocycles. The molecule has 7 heteroatoms. The summed E-state index contributed by atoms with van der Waals surface area (Å²) in [6.07, 6.45) is 0. The summed E-state index contributed by atoms with van der Waals surface area (Å²) in [5, 5.41) is 4.13. The fourth-order valence-corrected chi connectivity index (χ4v) is 9.18. The van der Waals surface area contributed by atoms with E-state index in [1.807, 2.05) is 72.8 Å². The molecule has 0 radical (unpaired) electrons. The van der Waals surface area contributed by atoms with Crippen LogP contribution in [0.15, 0.2) is 221 Å². The normalized spacial score (nSPS) is 11.7. The largest absolute Gasteiger partial charge is 0.456 e. The Morgan fingerprint density at radius 2 is 0.923 bits per heavy atom. The monoisotopic (exact) mass is 833 g/mol. The van der Waals surface area contributed by atoms with Crippen LogP contribution in [0.1, 0.15) is 0 Å². The number of para-hydroxylation sites is 5. The zero-order chi connectivity index (χ0) is 42.8. The summed E-state index contributed by atoms with van der Waals surface area (Å²) in [5.41, 5.74) is 14.3. The molecule has 13 aromatic rings. The van der Waals surface area contributed by atoms with Crippen molar-refractivity contribution in [1.82, 2.24) is 24.5 Å². The van der Waals surface area contributed by atoms with Crippen LogP contribution in [-0.2, 0) is 0 Å². The highest BCUT2D eigenvalue weighted by Gasteiger charge is 2.20. The Kier molecular flexibility index (Phi) is 8.39. The van der Waals surface area contributed by atoms with E-state index in [0.717, 1.165) is 111 Å². The fourth-order valence-electron chi connectivity index (χ4n) is 9.18. The van der Waals surface area contributed by atoms with Gasteiger partial charge in [-0.15, -0.1) is 0 Å². The van der Waals surface area contributed by atoms with Crippen LogP contribution in [0.5, 0.6) is 0 Å². The first-order valence-corrected chi connectivity index (χ1v) is 21.6. The van der Waals surface area contributed by atoms with Crippen molar-refractivity contribution in [2.75, 3.05) is 0 Å². The quantitative estimate of drug-likeness (QED) is 0.159. The molecule has 0 aliphatic rings. The lowest BCUT2D eigenvalue weighted by Crippen LogP contribution is -2.00. The molecule has 7 nitrogen and oxygen atoms in total. The van der Waals surface area contributed by atoms with E-state index >= 15 is 0 Å². The first-order valence-electron chi connectivity index (χ1n) is 21.6. The van der Waals surface area contributed by atoms with E-state index in [1.165, 1.54) is 0 Å². The molecule has 304 valence electrons. The SMILES string of the molecule is c1ccc(-c2nc(-c3ccc(-c4cccc5c4oc4ccccc45)cc3)nc(-c3cccc4oc5ccc(-c6ccc(-c7nc8ccccc8n7-c7ccccc7)cc6)cc5c34)n2)cc1. The molecular formula is C58H35N5O2. The van der Waals surface area contributed by atoms with Gasteiger partial charge in [-0.25, -0.2) is 19.9 Å². The van der Waals surface area contributed by atoms with Gasteiger partial charge in [-0.2, -0.15) is 0 Å². The molecule has 0 N–H and O–H groups in total. The van der Waals surface area contributed by atoms with Gasteiger partial charge in [0.15, 0.2) is 17.5 Å². The van der Waals surface area contributed by atoms with Gasteiger partial charge in [0.05, 0.1) is 11.0 Å². The number of aromatic nitrogens is 5. The molecule has 0 amide bonds. The molecule has 0 spiro atoms. The van der Waals surface area contributed by atoms with E-state index in [0.29, 0.717) is 17.5 Å². The minimum absolute atomic E-state index is 0.564. The Bertz CT molecular complexity index is 3930. The molecule has 0 unspecified atom stereocenters. The Morgan fingerprint density at radius 3 is 1.75 bits per heavy atom. The smallest absolute Gasteiger partial charge is 0.164 e. The topological polar surface area (TPSA) is 82.8 Å². The van der Waals surface area contributed by atoms with Gasteiger partial charge in [0, 0.05) is 55.0 Å². The predicted octanol–water partition coefficient (Wildman–Crippen LogP) is 15.0. The number of benzene rings is 9. The number of rotatable bonds is 7. The van der Waals surface area contributed by atoms with Crippen LogP contribution < -0.4 is 0 Å². The maximum absolute atomic E-state index is 6.51. The van der Waals surface area contributed by atoms with Crippen LogP contribution in [-0.4, -0.2) is 24.5 Å². The molecule has 4 heterocycles. The zero-order valence-corrected chi connectivity index (χ0v) is 34.8. The lowest BCUT2D eigenvalue weighted by Gasteiger charge is -2.11. The maximum Gasteiger partial charge on any atom is 0.164 e. The van der Waals surface area contributed by atoms with Crippen molar-refractivity contribution >= 4 is 54.9 Å². The van der Waals surface area contributed by atoms with E-state index in [2.05, 4.69) is 144 Å². The Labute approximate surface area is 372 Å². The van der Waals surface area contributed by atoms with Gasteiger partial charge in [0.1, 0.15) is 28.2 Å². The highest BCUT2D eigenvalue weighted by Crippen LogP contribution is 2.40. The Balaban J connectivity index is 0.900. The second kappa shape index (κ2) is 14.9. The summed E-state index contributed by atoms with van der Waals surface area (Å²) in [6, 6.07) is 72.7. The maximum atomic E-state index is 6.51. The van der Waals surface area contributed by atoms with Gasteiger partial charge in [0.25, 0.3) is 0 Å². The van der Waals surface area contributed by atoms with Crippen molar-refractivity contribution in [3.63, 3.8) is 0 Å². The molecule has 0 aliphatic heterocycles. The summed E-state index contributed by atoms with van der Waals surface area (Å²) >= 11 is 0. The second-order valence-corrected chi connectivity index (χ2v) is 16.2. The number of hydrogen-bond acceptors (Lipinski definition) is 6. The van der Waals surface area contributed by atoms with Gasteiger partial charge in [-0.3, -0.25) is 4.57 Å². The number of nitrogens with zero attached hydrogens (tertiary/aromatic N) is 5. The van der Waals surface area contributed by atoms with E-state index in [9.17, 15) is 0 Å². The summed E-state index contributed by atoms with van der Waals surface area (Å²) in [4.78, 5) is 20.5. The van der Waals surface area contributed by atoms with E-state index in [1.54, 1.807) is 0 Å². The van der Waals surface area contributed by atoms with E-state index in [-0.39, 0.29) is 0 Å². The third-order valence-corrected chi connectivity index (χ3v) is 12.3. The van der Waals surface area contributed by atoms with Crippen LogP contribution >= 0.6 is 0 Å². The van der Waals surface area contributed by atoms with Crippen molar-refractivity contribution in [2.45, 2.75) is 0 Å². The van der Waals surface area contributed by atoms with E-state index < -0.39 is 0 Å². The van der Waals surface area contributed by atoms with Crippen molar-refractivity contribution in [3.8, 4) is 73.5 Å². The van der Waals surface area contributed by atoms with Crippen LogP contribution in [0, 0.1) is 0 Å². The van der Waals surface area contributed by atoms with Gasteiger partial charge < -0.3 is 8.83 Å². The number of imidazole rings is 1. The van der Waals surface area contributed by atoms with Crippen LogP contribution in [0.4, 0.5) is 0 Å². The van der Waals surface area contributed by atoms with Crippen molar-refractivity contribution < 1.29 is 8.83 Å². The second-order valence-electron chi connectivity index (χ2n) is 16.2. The minimum atomic E-state index is 0.564. The molecule has 0 aliphatic carbocycles. The van der Waals surface area contributed by atoms with Crippen molar-refractivity contribution in [3.05, 3.63) is 212 Å². The molecule has 0 bridgehead atoms. The summed E-state index contributed by atoms with van der Waals surface area (Å²) in [5.74, 6) is 2.63. The average Bonchev–Trinajstić information content (AvgIpc) is 4.08. The number of fused-ring (bicyclic) bond motifs is 7. The molecule has 65 heavy (non-hydrogen) atoms. The predicted molar refractivity (Wildman–Crippen MR) is 262 cm³/mol. The number of hydrogen-bond donors (Lipinski definition) is 0. The molecule has 13 rings (SSSR count). The van der Waals surface area contributed by atoms with Gasteiger partial charge >= 0.3 is 0 Å². The average molecular weight is 834 g/mol. The lowest BCUT2D eigenvalue weighted by atomic mass is 9.99. The van der Waals surface area contributed by atoms with Crippen molar-refractivity contribution in [2.24, 2.45) is 0 Å². The summed E-state index contributed by atoms with van der Waals surface area (Å²) in [7, 11) is 0. The summed E-state index contributed by atoms with van der Waals surface area (Å²) < 4.78 is 15.1. The minimum Gasteiger partial charge on any atom is -0.456 e. The standard InChI is InChI=1S/C58H35N5O2/c1-3-13-38(14-4-1)55-60-56(39-29-27-37(28-30-39)43-18-11-19-45-44-17-7-10-23-50(44)65-54(43)45)62-57(61-55)46-20-12-24-52-53(46)47-35-41(33-34-51(47)64-52)36-25-31-40(32-26-36)58-59-48-21-8-9-22-49(48)63(58)42-15-5-2-6-16-42/h1-35H. The van der Waals surface area contributed by atoms with Gasteiger partial charge in [-0.1, -0.05) is 164 Å². The van der Waals surface area contributed by atoms with Crippen LogP contribution in [0.3, 0.4) is 0 Å². The third-order valence-electron chi connectivity index (χ3n) is 12.3. The first kappa shape index (κ1) is 36.7. The molecular weight excluding hydrogens is 799 g/mol. The first-order chi connectivity index (χ1) is 32.2. The third kappa shape index (κ3) is 6.20.